The predicted molar refractivity (Wildman–Crippen MR) is 122 cm³/mol. The number of nitrogens with one attached hydrogen (secondary N) is 1. The lowest BCUT2D eigenvalue weighted by Crippen LogP contribution is -2.35. The smallest absolute Gasteiger partial charge is 0.371 e. The van der Waals surface area contributed by atoms with Gasteiger partial charge in [0.1, 0.15) is 0 Å². The third kappa shape index (κ3) is 7.71. The third-order valence-electron chi connectivity index (χ3n) is 6.22. The molecule has 1 aliphatic heterocycles. The number of nitrogens with zero attached hydrogens (tertiary/aromatic N) is 2. The maximum absolute atomic E-state index is 13.4. The highest BCUT2D eigenvalue weighted by molar-refractivity contribution is 5.90. The summed E-state index contributed by atoms with van der Waals surface area (Å²) in [6.45, 7) is 4.97. The van der Waals surface area contributed by atoms with Crippen molar-refractivity contribution in [3.63, 3.8) is 0 Å². The number of carbonyl (C=O) groups is 2. The normalized spacial score (nSPS) is 19.6. The zero-order chi connectivity index (χ0) is 23.7. The molecule has 1 saturated carbocycles. The molecule has 8 heteroatoms. The minimum absolute atomic E-state index is 0.188. The summed E-state index contributed by atoms with van der Waals surface area (Å²) >= 11 is 0. The highest BCUT2D eigenvalue weighted by Gasteiger charge is 2.36. The molecule has 1 heterocycles. The Morgan fingerprint density at radius 1 is 1.19 bits per heavy atom. The Hall–Kier alpha value is -2.25. The van der Waals surface area contributed by atoms with Crippen LogP contribution in [0.5, 0.6) is 0 Å². The van der Waals surface area contributed by atoms with Gasteiger partial charge in [0.25, 0.3) is 0 Å². The number of hydrogen-bond donors (Lipinski definition) is 1. The van der Waals surface area contributed by atoms with E-state index in [1.54, 1.807) is 16.7 Å². The van der Waals surface area contributed by atoms with Crippen LogP contribution >= 0.6 is 0 Å². The van der Waals surface area contributed by atoms with E-state index in [1.165, 1.54) is 44.2 Å². The molecule has 1 unspecified atom stereocenters. The molecule has 1 aliphatic carbocycles. The van der Waals surface area contributed by atoms with E-state index in [1.807, 2.05) is 7.05 Å². The average molecular weight is 456 g/mol. The maximum atomic E-state index is 13.4. The summed E-state index contributed by atoms with van der Waals surface area (Å²) < 4.78 is 40.1. The van der Waals surface area contributed by atoms with E-state index in [2.05, 4.69) is 12.2 Å². The predicted octanol–water partition coefficient (Wildman–Crippen LogP) is 5.70. The molecule has 1 aromatic rings. The van der Waals surface area contributed by atoms with Gasteiger partial charge in [0.05, 0.1) is 5.56 Å². The van der Waals surface area contributed by atoms with Crippen molar-refractivity contribution in [1.82, 2.24) is 4.90 Å². The molecule has 2 aliphatic rings. The summed E-state index contributed by atoms with van der Waals surface area (Å²) in [5.74, 6) is 0.0850. The van der Waals surface area contributed by atoms with Crippen molar-refractivity contribution < 1.29 is 22.8 Å². The van der Waals surface area contributed by atoms with Crippen molar-refractivity contribution in [2.75, 3.05) is 30.4 Å². The standard InChI is InChI=1S/C16H21F3N2O.C8H15NO/c1-3-15(22)20-12-6-7-14(13(9-12)16(17,18)19)21-8-4-5-11(2)10-21;1-9(7-10)8-5-3-2-4-6-8/h6-7,9,11H,3-5,8,10H2,1-2H3,(H,20,22);7-8H,2-6H2,1H3. The highest BCUT2D eigenvalue weighted by atomic mass is 19.4. The summed E-state index contributed by atoms with van der Waals surface area (Å²) in [6.07, 6.45) is 5.01. The molecule has 0 bridgehead atoms. The average Bonchev–Trinajstić information content (AvgIpc) is 2.79. The first kappa shape index (κ1) is 26.0. The zero-order valence-corrected chi connectivity index (χ0v) is 19.4. The fraction of sp³-hybridized carbons (Fsp3) is 0.667. The molecule has 1 N–H and O–H groups in total. The molecular weight excluding hydrogens is 419 g/mol. The molecule has 1 saturated heterocycles. The Morgan fingerprint density at radius 2 is 1.88 bits per heavy atom. The van der Waals surface area contributed by atoms with Crippen LogP contribution in [0, 0.1) is 5.92 Å². The van der Waals surface area contributed by atoms with Crippen molar-refractivity contribution >= 4 is 23.7 Å². The van der Waals surface area contributed by atoms with Gasteiger partial charge in [-0.3, -0.25) is 9.59 Å². The number of rotatable bonds is 5. The maximum Gasteiger partial charge on any atom is 0.418 e. The Bertz CT molecular complexity index is 748. The van der Waals surface area contributed by atoms with Crippen LogP contribution in [0.3, 0.4) is 0 Å². The van der Waals surface area contributed by atoms with Gasteiger partial charge in [0.15, 0.2) is 0 Å². The first-order valence-corrected chi connectivity index (χ1v) is 11.6. The van der Waals surface area contributed by atoms with Gasteiger partial charge in [0, 0.05) is 44.0 Å². The van der Waals surface area contributed by atoms with Crippen molar-refractivity contribution in [3.8, 4) is 0 Å². The molecule has 1 aromatic carbocycles. The Balaban J connectivity index is 0.000000303. The summed E-state index contributed by atoms with van der Waals surface area (Å²) in [5.41, 5.74) is -0.294. The van der Waals surface area contributed by atoms with Crippen LogP contribution in [0.1, 0.15) is 70.8 Å². The van der Waals surface area contributed by atoms with Gasteiger partial charge in [-0.15, -0.1) is 0 Å². The van der Waals surface area contributed by atoms with Gasteiger partial charge >= 0.3 is 6.18 Å². The Morgan fingerprint density at radius 3 is 2.44 bits per heavy atom. The van der Waals surface area contributed by atoms with Crippen LogP contribution < -0.4 is 10.2 Å². The number of halogens is 3. The number of anilines is 2. The third-order valence-corrected chi connectivity index (χ3v) is 6.22. The number of hydrogen-bond acceptors (Lipinski definition) is 3. The van der Waals surface area contributed by atoms with Crippen molar-refractivity contribution in [2.24, 2.45) is 5.92 Å². The lowest BCUT2D eigenvalue weighted by Gasteiger charge is -2.34. The molecule has 2 amide bonds. The lowest BCUT2D eigenvalue weighted by atomic mass is 9.95. The molecule has 2 fully saturated rings. The summed E-state index contributed by atoms with van der Waals surface area (Å²) in [7, 11) is 1.88. The van der Waals surface area contributed by atoms with Crippen molar-refractivity contribution in [2.45, 2.75) is 77.4 Å². The van der Waals surface area contributed by atoms with Gasteiger partial charge in [-0.05, 0) is 49.8 Å². The Labute approximate surface area is 189 Å². The number of benzene rings is 1. The molecule has 0 aromatic heterocycles. The van der Waals surface area contributed by atoms with E-state index < -0.39 is 11.7 Å². The number of carbonyl (C=O) groups excluding carboxylic acids is 2. The quantitative estimate of drug-likeness (QED) is 0.580. The van der Waals surface area contributed by atoms with Gasteiger partial charge in [-0.2, -0.15) is 13.2 Å². The molecule has 0 spiro atoms. The molecule has 32 heavy (non-hydrogen) atoms. The largest absolute Gasteiger partial charge is 0.418 e. The van der Waals surface area contributed by atoms with Gasteiger partial charge < -0.3 is 15.1 Å². The van der Waals surface area contributed by atoms with Crippen molar-refractivity contribution in [3.05, 3.63) is 23.8 Å². The summed E-state index contributed by atoms with van der Waals surface area (Å²) in [6, 6.07) is 4.57. The van der Waals surface area contributed by atoms with Crippen LogP contribution in [-0.2, 0) is 15.8 Å². The lowest BCUT2D eigenvalue weighted by molar-refractivity contribution is -0.137. The second-order valence-corrected chi connectivity index (χ2v) is 8.89. The number of piperidine rings is 1. The van der Waals surface area contributed by atoms with Gasteiger partial charge in [0.2, 0.25) is 12.3 Å². The first-order valence-electron chi connectivity index (χ1n) is 11.6. The molecule has 1 atom stereocenters. The molecule has 180 valence electrons. The van der Waals surface area contributed by atoms with E-state index in [0.717, 1.165) is 25.3 Å². The van der Waals surface area contributed by atoms with E-state index in [-0.39, 0.29) is 23.7 Å². The first-order chi connectivity index (χ1) is 15.2. The van der Waals surface area contributed by atoms with Gasteiger partial charge in [-0.25, -0.2) is 0 Å². The summed E-state index contributed by atoms with van der Waals surface area (Å²) in [5, 5.41) is 2.49. The van der Waals surface area contributed by atoms with E-state index >= 15 is 0 Å². The monoisotopic (exact) mass is 455 g/mol. The topological polar surface area (TPSA) is 52.7 Å². The zero-order valence-electron chi connectivity index (χ0n) is 19.4. The fourth-order valence-electron chi connectivity index (χ4n) is 4.35. The molecule has 3 rings (SSSR count). The molecular formula is C24H36F3N3O2. The second-order valence-electron chi connectivity index (χ2n) is 8.89. The van der Waals surface area contributed by atoms with Crippen LogP contribution in [-0.4, -0.2) is 43.4 Å². The van der Waals surface area contributed by atoms with E-state index in [0.29, 0.717) is 25.0 Å². The summed E-state index contributed by atoms with van der Waals surface area (Å²) in [4.78, 5) is 25.3. The van der Waals surface area contributed by atoms with Crippen LogP contribution in [0.15, 0.2) is 18.2 Å². The highest BCUT2D eigenvalue weighted by Crippen LogP contribution is 2.39. The van der Waals surface area contributed by atoms with E-state index in [4.69, 9.17) is 0 Å². The molecule has 5 nitrogen and oxygen atoms in total. The van der Waals surface area contributed by atoms with Crippen LogP contribution in [0.2, 0.25) is 0 Å². The number of amides is 2. The van der Waals surface area contributed by atoms with Crippen molar-refractivity contribution in [1.29, 1.82) is 0 Å². The minimum Gasteiger partial charge on any atom is -0.371 e. The van der Waals surface area contributed by atoms with Crippen LogP contribution in [0.4, 0.5) is 24.5 Å². The second kappa shape index (κ2) is 12.1. The van der Waals surface area contributed by atoms with Crippen LogP contribution in [0.25, 0.3) is 0 Å². The number of alkyl halides is 3. The van der Waals surface area contributed by atoms with E-state index in [9.17, 15) is 22.8 Å². The molecule has 0 radical (unpaired) electrons. The Kier molecular flexibility index (Phi) is 9.84. The minimum atomic E-state index is -4.44. The fourth-order valence-corrected chi connectivity index (χ4v) is 4.35. The van der Waals surface area contributed by atoms with Gasteiger partial charge in [-0.1, -0.05) is 33.1 Å². The SMILES string of the molecule is CCC(=O)Nc1ccc(N2CCCC(C)C2)c(C(F)(F)F)c1.CN(C=O)C1CCCCC1.